The minimum atomic E-state index is -1.06. The zero-order valence-corrected chi connectivity index (χ0v) is 23.2. The maximum atomic E-state index is 14.0. The molecule has 1 saturated heterocycles. The van der Waals surface area contributed by atoms with E-state index in [1.807, 2.05) is 0 Å². The molecule has 10 heteroatoms. The minimum Gasteiger partial charge on any atom is -0.444 e. The minimum absolute atomic E-state index is 0.0134. The highest BCUT2D eigenvalue weighted by atomic mass is 16.6. The number of hydrogen-bond acceptors (Lipinski definition) is 6. The number of carbonyl (C=O) groups excluding carboxylic acids is 5. The summed E-state index contributed by atoms with van der Waals surface area (Å²) in [6.45, 7) is 7.81. The maximum Gasteiger partial charge on any atom is 0.408 e. The van der Waals surface area contributed by atoms with Crippen molar-refractivity contribution in [1.29, 1.82) is 0 Å². The molecule has 212 valence electrons. The van der Waals surface area contributed by atoms with E-state index in [-0.39, 0.29) is 35.5 Å². The van der Waals surface area contributed by atoms with Gasteiger partial charge in [0, 0.05) is 6.54 Å². The number of nitrogens with two attached hydrogens (primary N) is 1. The molecule has 4 fully saturated rings. The van der Waals surface area contributed by atoms with Gasteiger partial charge in [0.2, 0.25) is 17.6 Å². The van der Waals surface area contributed by atoms with Crippen LogP contribution in [0.3, 0.4) is 0 Å². The lowest BCUT2D eigenvalue weighted by atomic mass is 9.80. The molecule has 10 nitrogen and oxygen atoms in total. The van der Waals surface area contributed by atoms with Crippen LogP contribution in [0.2, 0.25) is 0 Å². The number of likely N-dealkylation sites (tertiary alicyclic amines) is 1. The summed E-state index contributed by atoms with van der Waals surface area (Å²) in [5.74, 6) is -1.87. The van der Waals surface area contributed by atoms with Gasteiger partial charge in [0.15, 0.2) is 0 Å². The number of Topliss-reactive ketones (excluding diaryl/α,β-unsaturated/α-hetero) is 1. The SMILES string of the molecule is C[C@H]1C2CN(C(=O)[C@@H](NC(=O)OC(C)(C)C)C3CCCCC3)[C@H](C(=O)NC(CC3CCC3)C(=O)C(N)=O)C21. The van der Waals surface area contributed by atoms with Crippen molar-refractivity contribution in [3.8, 4) is 0 Å². The van der Waals surface area contributed by atoms with Crippen LogP contribution in [0, 0.1) is 29.6 Å². The van der Waals surface area contributed by atoms with Crippen LogP contribution in [0.15, 0.2) is 0 Å². The second-order valence-electron chi connectivity index (χ2n) is 12.9. The van der Waals surface area contributed by atoms with Gasteiger partial charge in [-0.15, -0.1) is 0 Å². The zero-order chi connectivity index (χ0) is 27.8. The van der Waals surface area contributed by atoms with Crippen LogP contribution >= 0.6 is 0 Å². The Morgan fingerprint density at radius 2 is 1.63 bits per heavy atom. The number of fused-ring (bicyclic) bond motifs is 1. The summed E-state index contributed by atoms with van der Waals surface area (Å²) in [7, 11) is 0. The Labute approximate surface area is 225 Å². The second-order valence-corrected chi connectivity index (χ2v) is 12.9. The van der Waals surface area contributed by atoms with E-state index in [1.54, 1.807) is 25.7 Å². The molecule has 4 aliphatic rings. The van der Waals surface area contributed by atoms with Gasteiger partial charge in [-0.1, -0.05) is 45.4 Å². The number of ether oxygens (including phenoxy) is 1. The smallest absolute Gasteiger partial charge is 0.408 e. The van der Waals surface area contributed by atoms with Crippen molar-refractivity contribution in [2.75, 3.05) is 6.54 Å². The van der Waals surface area contributed by atoms with Crippen molar-refractivity contribution in [2.45, 2.75) is 109 Å². The Bertz CT molecular complexity index is 951. The molecular weight excluding hydrogens is 488 g/mol. The third-order valence-electron chi connectivity index (χ3n) is 9.02. The van der Waals surface area contributed by atoms with E-state index in [1.165, 1.54) is 0 Å². The fourth-order valence-electron chi connectivity index (χ4n) is 6.67. The average Bonchev–Trinajstić information content (AvgIpc) is 3.25. The largest absolute Gasteiger partial charge is 0.444 e. The highest BCUT2D eigenvalue weighted by molar-refractivity contribution is 6.37. The molecule has 0 aromatic heterocycles. The lowest BCUT2D eigenvalue weighted by Crippen LogP contribution is -2.59. The highest BCUT2D eigenvalue weighted by Crippen LogP contribution is 2.55. The zero-order valence-electron chi connectivity index (χ0n) is 23.2. The molecule has 0 spiro atoms. The van der Waals surface area contributed by atoms with E-state index in [9.17, 15) is 24.0 Å². The predicted molar refractivity (Wildman–Crippen MR) is 139 cm³/mol. The number of primary amides is 1. The number of ketones is 1. The van der Waals surface area contributed by atoms with Crippen LogP contribution in [0.4, 0.5) is 4.79 Å². The first kappa shape index (κ1) is 28.4. The molecule has 38 heavy (non-hydrogen) atoms. The quantitative estimate of drug-likeness (QED) is 0.388. The third kappa shape index (κ3) is 6.31. The molecule has 4 amide bonds. The standard InChI is InChI=1S/C28H44N4O6/c1-15-18-14-32(26(36)21(17-11-6-5-7-12-17)31-27(37)38-28(2,3)4)22(20(15)18)25(35)30-19(23(33)24(29)34)13-16-9-8-10-16/h15-22H,5-14H2,1-4H3,(H2,29,34)(H,30,35)(H,31,37)/t15-,18?,19?,20?,21-,22-/m0/s1. The number of piperidine rings is 1. The first-order chi connectivity index (χ1) is 17.9. The van der Waals surface area contributed by atoms with Gasteiger partial charge in [0.1, 0.15) is 17.7 Å². The lowest BCUT2D eigenvalue weighted by molar-refractivity contribution is -0.144. The van der Waals surface area contributed by atoms with E-state index in [0.717, 1.165) is 51.4 Å². The van der Waals surface area contributed by atoms with Gasteiger partial charge in [-0.25, -0.2) is 4.79 Å². The number of hydrogen-bond donors (Lipinski definition) is 3. The molecule has 1 aliphatic heterocycles. The number of amides is 4. The van der Waals surface area contributed by atoms with Crippen molar-refractivity contribution >= 4 is 29.6 Å². The monoisotopic (exact) mass is 532 g/mol. The van der Waals surface area contributed by atoms with Crippen molar-refractivity contribution in [3.63, 3.8) is 0 Å². The molecule has 3 saturated carbocycles. The summed E-state index contributed by atoms with van der Waals surface area (Å²) in [4.78, 5) is 66.3. The number of alkyl carbamates (subject to hydrolysis) is 1. The average molecular weight is 533 g/mol. The van der Waals surface area contributed by atoms with Crippen LogP contribution in [0.25, 0.3) is 0 Å². The topological polar surface area (TPSA) is 148 Å². The fourth-order valence-corrected chi connectivity index (χ4v) is 6.67. The maximum absolute atomic E-state index is 14.0. The van der Waals surface area contributed by atoms with E-state index < -0.39 is 47.4 Å². The number of nitrogens with zero attached hydrogens (tertiary/aromatic N) is 1. The summed E-state index contributed by atoms with van der Waals surface area (Å²) in [5.41, 5.74) is 4.58. The molecule has 0 bridgehead atoms. The molecular formula is C28H44N4O6. The van der Waals surface area contributed by atoms with E-state index in [2.05, 4.69) is 17.6 Å². The first-order valence-electron chi connectivity index (χ1n) is 14.3. The summed E-state index contributed by atoms with van der Waals surface area (Å²) < 4.78 is 5.47. The third-order valence-corrected chi connectivity index (χ3v) is 9.02. The molecule has 1 heterocycles. The van der Waals surface area contributed by atoms with Crippen molar-refractivity contribution in [2.24, 2.45) is 35.3 Å². The normalized spacial score (nSPS) is 28.9. The molecule has 3 unspecified atom stereocenters. The summed E-state index contributed by atoms with van der Waals surface area (Å²) in [5, 5.41) is 5.63. The highest BCUT2D eigenvalue weighted by Gasteiger charge is 2.63. The Morgan fingerprint density at radius 1 is 0.974 bits per heavy atom. The number of carbonyl (C=O) groups is 5. The summed E-state index contributed by atoms with van der Waals surface area (Å²) in [6, 6.07) is -2.52. The Hall–Kier alpha value is -2.65. The first-order valence-corrected chi connectivity index (χ1v) is 14.3. The van der Waals surface area contributed by atoms with Gasteiger partial charge in [0.05, 0.1) is 6.04 Å². The van der Waals surface area contributed by atoms with Gasteiger partial charge in [-0.3, -0.25) is 19.2 Å². The second kappa shape index (κ2) is 11.2. The Balaban J connectivity index is 1.52. The molecule has 0 aromatic rings. The molecule has 4 rings (SSSR count). The molecule has 3 aliphatic carbocycles. The lowest BCUT2D eigenvalue weighted by Gasteiger charge is -2.36. The molecule has 0 radical (unpaired) electrons. The van der Waals surface area contributed by atoms with E-state index in [0.29, 0.717) is 13.0 Å². The van der Waals surface area contributed by atoms with Gasteiger partial charge in [-0.05, 0) is 69.6 Å². The number of rotatable bonds is 9. The van der Waals surface area contributed by atoms with Crippen LogP contribution in [-0.4, -0.2) is 64.8 Å². The van der Waals surface area contributed by atoms with Crippen LogP contribution in [-0.2, 0) is 23.9 Å². The van der Waals surface area contributed by atoms with Gasteiger partial charge < -0.3 is 26.0 Å². The van der Waals surface area contributed by atoms with Gasteiger partial charge >= 0.3 is 6.09 Å². The van der Waals surface area contributed by atoms with Gasteiger partial charge in [0.25, 0.3) is 5.91 Å². The molecule has 0 aromatic carbocycles. The van der Waals surface area contributed by atoms with Crippen LogP contribution in [0.1, 0.15) is 85.5 Å². The fraction of sp³-hybridized carbons (Fsp3) is 0.821. The number of nitrogens with one attached hydrogen (secondary N) is 2. The Morgan fingerprint density at radius 3 is 2.18 bits per heavy atom. The van der Waals surface area contributed by atoms with E-state index in [4.69, 9.17) is 10.5 Å². The van der Waals surface area contributed by atoms with Crippen molar-refractivity contribution in [1.82, 2.24) is 15.5 Å². The summed E-state index contributed by atoms with van der Waals surface area (Å²) in [6.07, 6.45) is 7.39. The van der Waals surface area contributed by atoms with Crippen LogP contribution in [0.5, 0.6) is 0 Å². The van der Waals surface area contributed by atoms with Gasteiger partial charge in [-0.2, -0.15) is 0 Å². The van der Waals surface area contributed by atoms with E-state index >= 15 is 0 Å². The van der Waals surface area contributed by atoms with Crippen molar-refractivity contribution in [3.05, 3.63) is 0 Å². The Kier molecular flexibility index (Phi) is 8.37. The van der Waals surface area contributed by atoms with Crippen LogP contribution < -0.4 is 16.4 Å². The predicted octanol–water partition coefficient (Wildman–Crippen LogP) is 2.28. The molecule has 6 atom stereocenters. The van der Waals surface area contributed by atoms with Crippen molar-refractivity contribution < 1.29 is 28.7 Å². The summed E-state index contributed by atoms with van der Waals surface area (Å²) >= 11 is 0. The molecule has 4 N–H and O–H groups in total.